The highest BCUT2D eigenvalue weighted by Gasteiger charge is 2.19. The monoisotopic (exact) mass is 456 g/mol. The Morgan fingerprint density at radius 2 is 1.82 bits per heavy atom. The van der Waals surface area contributed by atoms with Crippen LogP contribution >= 0.6 is 0 Å². The molecule has 5 heterocycles. The molecule has 0 aliphatic carbocycles. The third kappa shape index (κ3) is 3.71. The van der Waals surface area contributed by atoms with Crippen molar-refractivity contribution < 1.29 is 9.26 Å². The molecule has 1 aliphatic heterocycles. The van der Waals surface area contributed by atoms with Gasteiger partial charge in [-0.1, -0.05) is 29.4 Å². The molecule has 10 nitrogen and oxygen atoms in total. The number of fused-ring (bicyclic) bond motifs is 3. The molecule has 0 saturated carbocycles. The van der Waals surface area contributed by atoms with Gasteiger partial charge in [0, 0.05) is 54.8 Å². The van der Waals surface area contributed by atoms with Crippen LogP contribution in [0.1, 0.15) is 11.3 Å². The number of pyridine rings is 1. The van der Waals surface area contributed by atoms with Crippen LogP contribution in [0.15, 0.2) is 53.2 Å². The van der Waals surface area contributed by atoms with Crippen LogP contribution in [0.5, 0.6) is 5.88 Å². The maximum Gasteiger partial charge on any atom is 0.240 e. The minimum absolute atomic E-state index is 0.346. The first-order valence-electron chi connectivity index (χ1n) is 11.2. The predicted octanol–water partition coefficient (Wildman–Crippen LogP) is 2.97. The Balaban J connectivity index is 1.29. The lowest BCUT2D eigenvalue weighted by molar-refractivity contribution is 0.293. The number of likely N-dealkylation sites (N-methyl/N-ethyl adjacent to an activating group) is 1. The van der Waals surface area contributed by atoms with Crippen molar-refractivity contribution in [2.24, 2.45) is 0 Å². The molecule has 10 heteroatoms. The van der Waals surface area contributed by atoms with E-state index in [1.54, 1.807) is 10.6 Å². The summed E-state index contributed by atoms with van der Waals surface area (Å²) in [7, 11) is 2.15. The Morgan fingerprint density at radius 3 is 2.56 bits per heavy atom. The first kappa shape index (κ1) is 20.5. The van der Waals surface area contributed by atoms with Gasteiger partial charge < -0.3 is 19.1 Å². The highest BCUT2D eigenvalue weighted by Crippen LogP contribution is 2.29. The van der Waals surface area contributed by atoms with Gasteiger partial charge in [-0.05, 0) is 26.1 Å². The van der Waals surface area contributed by atoms with E-state index in [9.17, 15) is 0 Å². The van der Waals surface area contributed by atoms with Crippen LogP contribution in [0.25, 0.3) is 27.9 Å². The average molecular weight is 457 g/mol. The van der Waals surface area contributed by atoms with Crippen LogP contribution in [0, 0.1) is 6.92 Å². The van der Waals surface area contributed by atoms with Gasteiger partial charge in [-0.15, -0.1) is 15.3 Å². The van der Waals surface area contributed by atoms with E-state index in [0.717, 1.165) is 48.3 Å². The summed E-state index contributed by atoms with van der Waals surface area (Å²) < 4.78 is 13.1. The average Bonchev–Trinajstić information content (AvgIpc) is 3.49. The third-order valence-electron chi connectivity index (χ3n) is 6.10. The second-order valence-electron chi connectivity index (χ2n) is 8.54. The van der Waals surface area contributed by atoms with Crippen molar-refractivity contribution >= 4 is 22.2 Å². The molecule has 0 atom stereocenters. The smallest absolute Gasteiger partial charge is 0.240 e. The molecule has 6 rings (SSSR count). The topological polar surface area (TPSA) is 97.7 Å². The SMILES string of the molecule is Cc1cc(-c2nnc3c4ccccc4c(OCc4ccc(N5CCN(C)CC5)nc4)nn23)no1. The Morgan fingerprint density at radius 1 is 1.00 bits per heavy atom. The number of ether oxygens (including phenoxy) is 1. The van der Waals surface area contributed by atoms with Crippen molar-refractivity contribution in [2.75, 3.05) is 38.1 Å². The van der Waals surface area contributed by atoms with Crippen LogP contribution in [-0.4, -0.2) is 68.1 Å². The molecular weight excluding hydrogens is 432 g/mol. The summed E-state index contributed by atoms with van der Waals surface area (Å²) in [6, 6.07) is 13.8. The minimum Gasteiger partial charge on any atom is -0.471 e. The van der Waals surface area contributed by atoms with Crippen molar-refractivity contribution in [1.82, 2.24) is 34.9 Å². The number of aryl methyl sites for hydroxylation is 1. The largest absolute Gasteiger partial charge is 0.471 e. The molecule has 0 bridgehead atoms. The first-order valence-corrected chi connectivity index (χ1v) is 11.2. The Hall–Kier alpha value is -4.05. The second-order valence-corrected chi connectivity index (χ2v) is 8.54. The third-order valence-corrected chi connectivity index (χ3v) is 6.10. The maximum absolute atomic E-state index is 6.19. The lowest BCUT2D eigenvalue weighted by atomic mass is 10.2. The standard InChI is InChI=1S/C24H24N8O2/c1-16-13-20(29-34-16)23-27-26-22-18-5-3-4-6-19(18)24(28-32(22)23)33-15-17-7-8-21(25-14-17)31-11-9-30(2)10-12-31/h3-8,13-14H,9-12,15H2,1-2H3. The molecule has 1 aliphatic rings. The molecule has 34 heavy (non-hydrogen) atoms. The minimum atomic E-state index is 0.346. The number of nitrogens with zero attached hydrogens (tertiary/aromatic N) is 8. The number of benzene rings is 1. The molecule has 4 aromatic heterocycles. The van der Waals surface area contributed by atoms with Gasteiger partial charge >= 0.3 is 0 Å². The zero-order valence-corrected chi connectivity index (χ0v) is 19.0. The Labute approximate surface area is 195 Å². The number of aromatic nitrogens is 6. The molecule has 5 aromatic rings. The summed E-state index contributed by atoms with van der Waals surface area (Å²) in [4.78, 5) is 9.31. The van der Waals surface area contributed by atoms with E-state index >= 15 is 0 Å². The number of hydrogen-bond donors (Lipinski definition) is 0. The van der Waals surface area contributed by atoms with Gasteiger partial charge in [-0.25, -0.2) is 4.98 Å². The molecule has 0 amide bonds. The van der Waals surface area contributed by atoms with E-state index in [-0.39, 0.29) is 0 Å². The molecule has 0 spiro atoms. The summed E-state index contributed by atoms with van der Waals surface area (Å²) in [5, 5.41) is 19.2. The van der Waals surface area contributed by atoms with E-state index < -0.39 is 0 Å². The fourth-order valence-electron chi connectivity index (χ4n) is 4.17. The van der Waals surface area contributed by atoms with Crippen LogP contribution in [-0.2, 0) is 6.61 Å². The highest BCUT2D eigenvalue weighted by molar-refractivity contribution is 5.96. The van der Waals surface area contributed by atoms with Gasteiger partial charge in [0.25, 0.3) is 0 Å². The highest BCUT2D eigenvalue weighted by atomic mass is 16.5. The van der Waals surface area contributed by atoms with Crippen LogP contribution < -0.4 is 9.64 Å². The van der Waals surface area contributed by atoms with E-state index in [1.165, 1.54) is 0 Å². The number of piperazine rings is 1. The zero-order valence-electron chi connectivity index (χ0n) is 19.0. The summed E-state index contributed by atoms with van der Waals surface area (Å²) >= 11 is 0. The van der Waals surface area contributed by atoms with E-state index in [4.69, 9.17) is 14.4 Å². The first-order chi connectivity index (χ1) is 16.7. The lowest BCUT2D eigenvalue weighted by Crippen LogP contribution is -2.44. The molecule has 0 unspecified atom stereocenters. The van der Waals surface area contributed by atoms with E-state index in [1.807, 2.05) is 37.4 Å². The zero-order chi connectivity index (χ0) is 23.1. The van der Waals surface area contributed by atoms with Gasteiger partial charge in [0.05, 0.1) is 0 Å². The quantitative estimate of drug-likeness (QED) is 0.395. The normalized spacial score (nSPS) is 14.8. The molecule has 1 saturated heterocycles. The number of rotatable bonds is 5. The van der Waals surface area contributed by atoms with Gasteiger partial charge in [-0.2, -0.15) is 4.52 Å². The Kier molecular flexibility index (Phi) is 5.06. The van der Waals surface area contributed by atoms with E-state index in [0.29, 0.717) is 35.4 Å². The van der Waals surface area contributed by atoms with Crippen molar-refractivity contribution in [3.63, 3.8) is 0 Å². The van der Waals surface area contributed by atoms with Gasteiger partial charge in [0.2, 0.25) is 11.7 Å². The molecule has 1 fully saturated rings. The summed E-state index contributed by atoms with van der Waals surface area (Å²) in [5.74, 6) is 2.68. The molecule has 1 aromatic carbocycles. The van der Waals surface area contributed by atoms with Crippen molar-refractivity contribution in [3.05, 3.63) is 60.0 Å². The second kappa shape index (κ2) is 8.38. The van der Waals surface area contributed by atoms with Gasteiger partial charge in [-0.3, -0.25) is 0 Å². The molecule has 0 N–H and O–H groups in total. The van der Waals surface area contributed by atoms with Crippen LogP contribution in [0.3, 0.4) is 0 Å². The summed E-state index contributed by atoms with van der Waals surface area (Å²) in [6.45, 7) is 6.25. The van der Waals surface area contributed by atoms with Crippen molar-refractivity contribution in [3.8, 4) is 17.4 Å². The van der Waals surface area contributed by atoms with Crippen LogP contribution in [0.4, 0.5) is 5.82 Å². The van der Waals surface area contributed by atoms with Gasteiger partial charge in [0.15, 0.2) is 11.3 Å². The molecular formula is C24H24N8O2. The maximum atomic E-state index is 6.19. The summed E-state index contributed by atoms with van der Waals surface area (Å²) in [5.41, 5.74) is 2.18. The van der Waals surface area contributed by atoms with Crippen LogP contribution in [0.2, 0.25) is 0 Å². The fraction of sp³-hybridized carbons (Fsp3) is 0.292. The number of hydrogen-bond acceptors (Lipinski definition) is 9. The fourth-order valence-corrected chi connectivity index (χ4v) is 4.17. The van der Waals surface area contributed by atoms with Crippen molar-refractivity contribution in [2.45, 2.75) is 13.5 Å². The van der Waals surface area contributed by atoms with Crippen molar-refractivity contribution in [1.29, 1.82) is 0 Å². The van der Waals surface area contributed by atoms with Gasteiger partial charge in [0.1, 0.15) is 18.2 Å². The summed E-state index contributed by atoms with van der Waals surface area (Å²) in [6.07, 6.45) is 1.87. The molecule has 172 valence electrons. The Bertz CT molecular complexity index is 1450. The van der Waals surface area contributed by atoms with E-state index in [2.05, 4.69) is 49.3 Å². The lowest BCUT2D eigenvalue weighted by Gasteiger charge is -2.33. The number of anilines is 1. The molecule has 0 radical (unpaired) electrons. The predicted molar refractivity (Wildman–Crippen MR) is 127 cm³/mol.